The molecule has 4 N–H and O–H groups in total. The number of primary amides is 1. The zero-order valence-corrected chi connectivity index (χ0v) is 13.4. The Hall–Kier alpha value is -1.15. The molecule has 1 aromatic heterocycles. The topological polar surface area (TPSA) is 92.7 Å². The van der Waals surface area contributed by atoms with E-state index in [4.69, 9.17) is 23.1 Å². The molecule has 0 aromatic carbocycles. The molecule has 8 heteroatoms. The van der Waals surface area contributed by atoms with Crippen molar-refractivity contribution in [1.82, 2.24) is 9.80 Å². The summed E-state index contributed by atoms with van der Waals surface area (Å²) in [6, 6.07) is 0.973. The first-order valence-corrected chi connectivity index (χ1v) is 7.89. The maximum atomic E-state index is 12.3. The molecule has 1 aliphatic heterocycles. The summed E-state index contributed by atoms with van der Waals surface area (Å²) < 4.78 is 0.470. The fourth-order valence-electron chi connectivity index (χ4n) is 2.34. The van der Waals surface area contributed by atoms with Crippen LogP contribution in [0.25, 0.3) is 0 Å². The van der Waals surface area contributed by atoms with E-state index in [2.05, 4.69) is 4.90 Å². The van der Waals surface area contributed by atoms with Crippen LogP contribution in [0, 0.1) is 0 Å². The number of rotatable bonds is 4. The first kappa shape index (κ1) is 16.2. The zero-order chi connectivity index (χ0) is 15.6. The highest BCUT2D eigenvalue weighted by Gasteiger charge is 2.26. The molecule has 0 saturated carbocycles. The predicted molar refractivity (Wildman–Crippen MR) is 83.6 cm³/mol. The minimum absolute atomic E-state index is 0.0964. The Labute approximate surface area is 132 Å². The third kappa shape index (κ3) is 3.94. The van der Waals surface area contributed by atoms with Gasteiger partial charge in [-0.2, -0.15) is 0 Å². The molecule has 1 unspecified atom stereocenters. The van der Waals surface area contributed by atoms with Crippen molar-refractivity contribution < 1.29 is 9.59 Å². The number of thiophene rings is 1. The summed E-state index contributed by atoms with van der Waals surface area (Å²) in [6.07, 6.45) is 0.271. The van der Waals surface area contributed by atoms with Crippen LogP contribution in [0.5, 0.6) is 0 Å². The third-order valence-electron chi connectivity index (χ3n) is 3.57. The molecule has 0 spiro atoms. The first-order valence-electron chi connectivity index (χ1n) is 6.69. The van der Waals surface area contributed by atoms with Gasteiger partial charge in [-0.15, -0.1) is 11.3 Å². The average Bonchev–Trinajstić information content (AvgIpc) is 2.80. The van der Waals surface area contributed by atoms with Crippen LogP contribution in [0.15, 0.2) is 6.07 Å². The molecule has 1 aromatic rings. The Balaban J connectivity index is 2.02. The number of carbonyl (C=O) groups excluding carboxylic acids is 2. The number of hydrogen-bond acceptors (Lipinski definition) is 5. The number of likely N-dealkylation sites (N-methyl/N-ethyl adjacent to an activating group) is 1. The lowest BCUT2D eigenvalue weighted by Gasteiger charge is -2.33. The molecule has 6 nitrogen and oxygen atoms in total. The van der Waals surface area contributed by atoms with E-state index in [0.717, 1.165) is 24.4 Å². The van der Waals surface area contributed by atoms with Crippen LogP contribution >= 0.6 is 22.9 Å². The molecule has 0 radical (unpaired) electrons. The van der Waals surface area contributed by atoms with E-state index in [1.165, 1.54) is 0 Å². The maximum Gasteiger partial charge on any atom is 0.259 e. The van der Waals surface area contributed by atoms with Gasteiger partial charge in [0.05, 0.1) is 15.3 Å². The Morgan fingerprint density at radius 3 is 2.57 bits per heavy atom. The monoisotopic (exact) mass is 330 g/mol. The number of hydrogen-bond donors (Lipinski definition) is 2. The Morgan fingerprint density at radius 1 is 1.38 bits per heavy atom. The highest BCUT2D eigenvalue weighted by atomic mass is 35.5. The normalized spacial score (nSPS) is 17.8. The summed E-state index contributed by atoms with van der Waals surface area (Å²) in [7, 11) is 2.02. The molecule has 21 heavy (non-hydrogen) atoms. The van der Waals surface area contributed by atoms with E-state index in [9.17, 15) is 9.59 Å². The molecule has 0 bridgehead atoms. The first-order chi connectivity index (χ1) is 9.88. The SMILES string of the molecule is CN1CCN(C(=O)C(N)Cc2cc(Cl)sc2C(N)=O)CC1. The van der Waals surface area contributed by atoms with E-state index < -0.39 is 11.9 Å². The van der Waals surface area contributed by atoms with Crippen molar-refractivity contribution >= 4 is 34.8 Å². The van der Waals surface area contributed by atoms with E-state index in [-0.39, 0.29) is 12.3 Å². The molecule has 1 atom stereocenters. The van der Waals surface area contributed by atoms with Gasteiger partial charge in [-0.05, 0) is 25.1 Å². The highest BCUT2D eigenvalue weighted by Crippen LogP contribution is 2.27. The molecular weight excluding hydrogens is 312 g/mol. The van der Waals surface area contributed by atoms with Crippen molar-refractivity contribution in [1.29, 1.82) is 0 Å². The second-order valence-electron chi connectivity index (χ2n) is 5.21. The molecule has 1 aliphatic rings. The van der Waals surface area contributed by atoms with Crippen molar-refractivity contribution in [2.75, 3.05) is 33.2 Å². The molecule has 2 rings (SSSR count). The van der Waals surface area contributed by atoms with Gasteiger partial charge in [0.15, 0.2) is 0 Å². The van der Waals surface area contributed by atoms with Crippen LogP contribution in [-0.2, 0) is 11.2 Å². The van der Waals surface area contributed by atoms with Crippen molar-refractivity contribution in [3.05, 3.63) is 20.8 Å². The lowest BCUT2D eigenvalue weighted by molar-refractivity contribution is -0.134. The Kier molecular flexibility index (Phi) is 5.21. The highest BCUT2D eigenvalue weighted by molar-refractivity contribution is 7.18. The molecule has 2 heterocycles. The van der Waals surface area contributed by atoms with Crippen LogP contribution in [-0.4, -0.2) is 60.9 Å². The summed E-state index contributed by atoms with van der Waals surface area (Å²) >= 11 is 7.02. The number of amides is 2. The van der Waals surface area contributed by atoms with Crippen LogP contribution in [0.3, 0.4) is 0 Å². The summed E-state index contributed by atoms with van der Waals surface area (Å²) in [5, 5.41) is 0. The Bertz CT molecular complexity index is 540. The average molecular weight is 331 g/mol. The number of nitrogens with two attached hydrogens (primary N) is 2. The standard InChI is InChI=1S/C13H19ClN4O2S/c1-17-2-4-18(5-3-17)13(20)9(15)6-8-7-10(14)21-11(8)12(16)19/h7,9H,2-6,15H2,1H3,(H2,16,19). The lowest BCUT2D eigenvalue weighted by atomic mass is 10.1. The largest absolute Gasteiger partial charge is 0.365 e. The number of piperazine rings is 1. The molecular formula is C13H19ClN4O2S. The van der Waals surface area contributed by atoms with Crippen molar-refractivity contribution in [2.45, 2.75) is 12.5 Å². The van der Waals surface area contributed by atoms with Gasteiger partial charge in [-0.1, -0.05) is 11.6 Å². The van der Waals surface area contributed by atoms with Gasteiger partial charge in [0.2, 0.25) is 5.91 Å². The second-order valence-corrected chi connectivity index (χ2v) is 6.89. The van der Waals surface area contributed by atoms with Gasteiger partial charge in [-0.3, -0.25) is 9.59 Å². The molecule has 0 aliphatic carbocycles. The van der Waals surface area contributed by atoms with Crippen molar-refractivity contribution in [3.63, 3.8) is 0 Å². The smallest absolute Gasteiger partial charge is 0.259 e. The van der Waals surface area contributed by atoms with Crippen LogP contribution in [0.4, 0.5) is 0 Å². The second kappa shape index (κ2) is 6.74. The van der Waals surface area contributed by atoms with Crippen molar-refractivity contribution in [2.24, 2.45) is 11.5 Å². The third-order valence-corrected chi connectivity index (χ3v) is 4.90. The van der Waals surface area contributed by atoms with Crippen LogP contribution in [0.1, 0.15) is 15.2 Å². The fraction of sp³-hybridized carbons (Fsp3) is 0.538. The van der Waals surface area contributed by atoms with E-state index in [1.807, 2.05) is 7.05 Å². The minimum atomic E-state index is -0.683. The molecule has 1 saturated heterocycles. The van der Waals surface area contributed by atoms with Gasteiger partial charge in [-0.25, -0.2) is 0 Å². The van der Waals surface area contributed by atoms with Crippen LogP contribution in [0.2, 0.25) is 4.34 Å². The molecule has 1 fully saturated rings. The van der Waals surface area contributed by atoms with Gasteiger partial charge in [0.1, 0.15) is 0 Å². The van der Waals surface area contributed by atoms with Gasteiger partial charge >= 0.3 is 0 Å². The molecule has 116 valence electrons. The minimum Gasteiger partial charge on any atom is -0.365 e. The van der Waals surface area contributed by atoms with E-state index in [0.29, 0.717) is 27.9 Å². The van der Waals surface area contributed by atoms with Gasteiger partial charge < -0.3 is 21.3 Å². The lowest BCUT2D eigenvalue weighted by Crippen LogP contribution is -2.52. The summed E-state index contributed by atoms with van der Waals surface area (Å²) in [6.45, 7) is 3.04. The zero-order valence-electron chi connectivity index (χ0n) is 11.8. The van der Waals surface area contributed by atoms with Gasteiger partial charge in [0.25, 0.3) is 5.91 Å². The molecule has 2 amide bonds. The fourth-order valence-corrected chi connectivity index (χ4v) is 3.47. The van der Waals surface area contributed by atoms with Crippen molar-refractivity contribution in [3.8, 4) is 0 Å². The summed E-state index contributed by atoms with van der Waals surface area (Å²) in [5.74, 6) is -0.637. The number of carbonyl (C=O) groups is 2. The van der Waals surface area contributed by atoms with E-state index in [1.54, 1.807) is 11.0 Å². The van der Waals surface area contributed by atoms with E-state index >= 15 is 0 Å². The quantitative estimate of drug-likeness (QED) is 0.821. The summed E-state index contributed by atoms with van der Waals surface area (Å²) in [4.78, 5) is 28.0. The maximum absolute atomic E-state index is 12.3. The number of nitrogens with zero attached hydrogens (tertiary/aromatic N) is 2. The van der Waals surface area contributed by atoms with Gasteiger partial charge in [0, 0.05) is 26.2 Å². The van der Waals surface area contributed by atoms with Crippen LogP contribution < -0.4 is 11.5 Å². The predicted octanol–water partition coefficient (Wildman–Crippen LogP) is 0.144. The Morgan fingerprint density at radius 2 is 2.00 bits per heavy atom. The summed E-state index contributed by atoms with van der Waals surface area (Å²) in [5.41, 5.74) is 12.0. The number of halogens is 1.